The zero-order valence-electron chi connectivity index (χ0n) is 6.71. The number of nitrogens with zero attached hydrogens (tertiary/aromatic N) is 1. The number of hydrogen-bond donors (Lipinski definition) is 1. The first-order valence-electron chi connectivity index (χ1n) is 4.37. The average Bonchev–Trinajstić information content (AvgIpc) is 2.06. The molecule has 11 heavy (non-hydrogen) atoms. The first kappa shape index (κ1) is 7.04. The summed E-state index contributed by atoms with van der Waals surface area (Å²) < 4.78 is 0. The SMILES string of the molecule is NC1CCCC2=CCCN=C21. The Labute approximate surface area is 67.2 Å². The molecule has 1 aliphatic carbocycles. The lowest BCUT2D eigenvalue weighted by Gasteiger charge is -2.25. The molecular formula is C9H14N2. The van der Waals surface area contributed by atoms with Gasteiger partial charge < -0.3 is 5.73 Å². The van der Waals surface area contributed by atoms with Crippen LogP contribution in [0.4, 0.5) is 0 Å². The van der Waals surface area contributed by atoms with E-state index < -0.39 is 0 Å². The van der Waals surface area contributed by atoms with Crippen molar-refractivity contribution in [1.82, 2.24) is 0 Å². The Morgan fingerprint density at radius 3 is 3.27 bits per heavy atom. The van der Waals surface area contributed by atoms with E-state index in [0.717, 1.165) is 19.4 Å². The van der Waals surface area contributed by atoms with Gasteiger partial charge in [-0.05, 0) is 31.3 Å². The molecule has 1 heterocycles. The first-order chi connectivity index (χ1) is 5.38. The lowest BCUT2D eigenvalue weighted by Crippen LogP contribution is -2.36. The fourth-order valence-electron chi connectivity index (χ4n) is 1.86. The third-order valence-corrected chi connectivity index (χ3v) is 2.44. The highest BCUT2D eigenvalue weighted by atomic mass is 14.8. The van der Waals surface area contributed by atoms with Crippen LogP contribution < -0.4 is 5.73 Å². The van der Waals surface area contributed by atoms with E-state index in [1.807, 2.05) is 0 Å². The molecule has 2 aliphatic rings. The van der Waals surface area contributed by atoms with Crippen LogP contribution in [-0.4, -0.2) is 18.3 Å². The monoisotopic (exact) mass is 150 g/mol. The molecule has 0 aromatic heterocycles. The molecule has 1 fully saturated rings. The Morgan fingerprint density at radius 1 is 1.55 bits per heavy atom. The van der Waals surface area contributed by atoms with E-state index in [9.17, 15) is 0 Å². The summed E-state index contributed by atoms with van der Waals surface area (Å²) in [4.78, 5) is 4.46. The maximum Gasteiger partial charge on any atom is 0.0544 e. The number of dihydropyridines is 1. The zero-order valence-corrected chi connectivity index (χ0v) is 6.71. The van der Waals surface area contributed by atoms with Gasteiger partial charge in [0.2, 0.25) is 0 Å². The van der Waals surface area contributed by atoms with Crippen LogP contribution in [0.1, 0.15) is 25.7 Å². The van der Waals surface area contributed by atoms with E-state index >= 15 is 0 Å². The molecule has 60 valence electrons. The summed E-state index contributed by atoms with van der Waals surface area (Å²) in [5.41, 5.74) is 8.54. The molecule has 2 nitrogen and oxygen atoms in total. The van der Waals surface area contributed by atoms with Crippen LogP contribution in [0.15, 0.2) is 16.6 Å². The molecule has 0 aromatic carbocycles. The lowest BCUT2D eigenvalue weighted by molar-refractivity contribution is 0.648. The van der Waals surface area contributed by atoms with Crippen LogP contribution in [0.25, 0.3) is 0 Å². The number of rotatable bonds is 0. The average molecular weight is 150 g/mol. The summed E-state index contributed by atoms with van der Waals surface area (Å²) in [6.07, 6.45) is 6.99. The zero-order chi connectivity index (χ0) is 7.68. The quantitative estimate of drug-likeness (QED) is 0.555. The molecule has 0 saturated heterocycles. The lowest BCUT2D eigenvalue weighted by atomic mass is 9.87. The van der Waals surface area contributed by atoms with E-state index in [4.69, 9.17) is 5.73 Å². The van der Waals surface area contributed by atoms with Gasteiger partial charge in [0, 0.05) is 12.6 Å². The maximum atomic E-state index is 5.92. The summed E-state index contributed by atoms with van der Waals surface area (Å²) in [5, 5.41) is 0. The second-order valence-corrected chi connectivity index (χ2v) is 3.28. The van der Waals surface area contributed by atoms with Crippen molar-refractivity contribution in [3.8, 4) is 0 Å². The minimum Gasteiger partial charge on any atom is -0.323 e. The molecule has 2 N–H and O–H groups in total. The van der Waals surface area contributed by atoms with E-state index in [1.54, 1.807) is 0 Å². The van der Waals surface area contributed by atoms with Crippen molar-refractivity contribution in [3.63, 3.8) is 0 Å². The highest BCUT2D eigenvalue weighted by molar-refractivity contribution is 6.05. The van der Waals surface area contributed by atoms with Gasteiger partial charge in [-0.2, -0.15) is 0 Å². The van der Waals surface area contributed by atoms with Gasteiger partial charge in [-0.15, -0.1) is 0 Å². The summed E-state index contributed by atoms with van der Waals surface area (Å²) >= 11 is 0. The Bertz CT molecular complexity index is 216. The van der Waals surface area contributed by atoms with Crippen LogP contribution in [0.2, 0.25) is 0 Å². The van der Waals surface area contributed by atoms with Crippen molar-refractivity contribution >= 4 is 5.71 Å². The van der Waals surface area contributed by atoms with Crippen LogP contribution in [0.3, 0.4) is 0 Å². The standard InChI is InChI=1S/C9H14N2/c10-8-5-1-3-7-4-2-6-11-9(7)8/h4,8H,1-3,5-6,10H2. The molecule has 0 spiro atoms. The molecule has 1 atom stereocenters. The highest BCUT2D eigenvalue weighted by Gasteiger charge is 2.21. The van der Waals surface area contributed by atoms with Crippen molar-refractivity contribution in [1.29, 1.82) is 0 Å². The number of hydrogen-bond acceptors (Lipinski definition) is 2. The van der Waals surface area contributed by atoms with Crippen molar-refractivity contribution in [2.45, 2.75) is 31.7 Å². The molecule has 0 bridgehead atoms. The van der Waals surface area contributed by atoms with Gasteiger partial charge in [0.1, 0.15) is 0 Å². The predicted octanol–water partition coefficient (Wildman–Crippen LogP) is 1.27. The number of aliphatic imine (C=N–C) groups is 1. The highest BCUT2D eigenvalue weighted by Crippen LogP contribution is 2.23. The van der Waals surface area contributed by atoms with Crippen molar-refractivity contribution < 1.29 is 0 Å². The van der Waals surface area contributed by atoms with Gasteiger partial charge >= 0.3 is 0 Å². The normalized spacial score (nSPS) is 30.5. The van der Waals surface area contributed by atoms with Crippen molar-refractivity contribution in [2.75, 3.05) is 6.54 Å². The van der Waals surface area contributed by atoms with E-state index in [2.05, 4.69) is 11.1 Å². The molecule has 1 aliphatic heterocycles. The molecule has 0 aromatic rings. The van der Waals surface area contributed by atoms with Crippen LogP contribution in [0, 0.1) is 0 Å². The number of nitrogens with two attached hydrogens (primary N) is 1. The topological polar surface area (TPSA) is 38.4 Å². The van der Waals surface area contributed by atoms with Crippen molar-refractivity contribution in [3.05, 3.63) is 11.6 Å². The Hall–Kier alpha value is -0.630. The minimum absolute atomic E-state index is 0.232. The Balaban J connectivity index is 2.24. The molecule has 2 rings (SSSR count). The van der Waals surface area contributed by atoms with Gasteiger partial charge in [-0.1, -0.05) is 6.08 Å². The van der Waals surface area contributed by atoms with Crippen LogP contribution in [-0.2, 0) is 0 Å². The van der Waals surface area contributed by atoms with Gasteiger partial charge in [-0.25, -0.2) is 0 Å². The van der Waals surface area contributed by atoms with Gasteiger partial charge in [0.05, 0.1) is 5.71 Å². The van der Waals surface area contributed by atoms with Gasteiger partial charge in [0.25, 0.3) is 0 Å². The fourth-order valence-corrected chi connectivity index (χ4v) is 1.86. The van der Waals surface area contributed by atoms with Crippen LogP contribution >= 0.6 is 0 Å². The Morgan fingerprint density at radius 2 is 2.45 bits per heavy atom. The second kappa shape index (κ2) is 2.78. The molecule has 0 amide bonds. The van der Waals surface area contributed by atoms with Gasteiger partial charge in [-0.3, -0.25) is 4.99 Å². The molecular weight excluding hydrogens is 136 g/mol. The molecule has 2 heteroatoms. The molecule has 0 radical (unpaired) electrons. The van der Waals surface area contributed by atoms with Crippen molar-refractivity contribution in [2.24, 2.45) is 10.7 Å². The fraction of sp³-hybridized carbons (Fsp3) is 0.667. The first-order valence-corrected chi connectivity index (χ1v) is 4.37. The third kappa shape index (κ3) is 1.23. The molecule has 1 unspecified atom stereocenters. The summed E-state index contributed by atoms with van der Waals surface area (Å²) in [6, 6.07) is 0.232. The van der Waals surface area contributed by atoms with E-state index in [1.165, 1.54) is 24.1 Å². The largest absolute Gasteiger partial charge is 0.323 e. The third-order valence-electron chi connectivity index (χ3n) is 2.44. The van der Waals surface area contributed by atoms with E-state index in [-0.39, 0.29) is 6.04 Å². The smallest absolute Gasteiger partial charge is 0.0544 e. The van der Waals surface area contributed by atoms with Gasteiger partial charge in [0.15, 0.2) is 0 Å². The minimum atomic E-state index is 0.232. The van der Waals surface area contributed by atoms with Crippen LogP contribution in [0.5, 0.6) is 0 Å². The number of fused-ring (bicyclic) bond motifs is 1. The molecule has 1 saturated carbocycles. The summed E-state index contributed by atoms with van der Waals surface area (Å²) in [5.74, 6) is 0. The summed E-state index contributed by atoms with van der Waals surface area (Å²) in [6.45, 7) is 0.951. The maximum absolute atomic E-state index is 5.92. The second-order valence-electron chi connectivity index (χ2n) is 3.28. The van der Waals surface area contributed by atoms with E-state index in [0.29, 0.717) is 0 Å². The Kier molecular flexibility index (Phi) is 1.78. The predicted molar refractivity (Wildman–Crippen MR) is 46.8 cm³/mol. The summed E-state index contributed by atoms with van der Waals surface area (Å²) in [7, 11) is 0.